The first-order valence-electron chi connectivity index (χ1n) is 12.5. The van der Waals surface area contributed by atoms with Crippen molar-refractivity contribution >= 4 is 26.7 Å². The van der Waals surface area contributed by atoms with E-state index in [1.165, 1.54) is 29.0 Å². The van der Waals surface area contributed by atoms with E-state index in [0.717, 1.165) is 33.3 Å². The Labute approximate surface area is 249 Å². The molecule has 0 unspecified atom stereocenters. The van der Waals surface area contributed by atoms with Crippen molar-refractivity contribution in [2.45, 2.75) is 9.79 Å². The van der Waals surface area contributed by atoms with Crippen LogP contribution in [0.2, 0.25) is 0 Å². The third-order valence-corrected chi connectivity index (χ3v) is 9.03. The molecule has 1 N–H and O–H groups in total. The van der Waals surface area contributed by atoms with Gasteiger partial charge in [-0.3, -0.25) is 4.98 Å². The Kier molecular flexibility index (Phi) is 6.62. The van der Waals surface area contributed by atoms with Crippen molar-refractivity contribution in [1.82, 2.24) is 9.97 Å². The van der Waals surface area contributed by atoms with Crippen LogP contribution in [-0.2, 0) is 29.9 Å². The molecule has 4 aromatic carbocycles. The summed E-state index contributed by atoms with van der Waals surface area (Å²) in [5.41, 5.74) is 8.56. The molecule has 2 aromatic heterocycles. The number of carboxylic acid groups (broad SMARTS) is 1. The SMILES string of the molecule is O=C(O)c1ccccn1.O=S1(=O)c2ccccc2-c2c(-c3cc4c5c(cccc5n3)-c3ccccc3-4)[c-]ccc21.[Ir]. The van der Waals surface area contributed by atoms with Crippen LogP contribution in [0.25, 0.3) is 55.5 Å². The summed E-state index contributed by atoms with van der Waals surface area (Å²) in [5, 5.41) is 9.47. The number of carbonyl (C=O) groups is 1. The van der Waals surface area contributed by atoms with Gasteiger partial charge >= 0.3 is 5.97 Å². The molecule has 0 fully saturated rings. The number of benzene rings is 4. The van der Waals surface area contributed by atoms with Crippen LogP contribution in [0.15, 0.2) is 119 Å². The topological polar surface area (TPSA) is 97.2 Å². The number of pyridine rings is 2. The molecule has 201 valence electrons. The Morgan fingerprint density at radius 2 is 1.41 bits per heavy atom. The first-order chi connectivity index (χ1) is 19.4. The van der Waals surface area contributed by atoms with Crippen LogP contribution in [0.3, 0.4) is 0 Å². The van der Waals surface area contributed by atoms with Gasteiger partial charge < -0.3 is 5.11 Å². The van der Waals surface area contributed by atoms with Gasteiger partial charge in [-0.25, -0.2) is 18.2 Å². The fraction of sp³-hybridized carbons (Fsp3) is 0. The Balaban J connectivity index is 0.000000262. The molecule has 2 aliphatic rings. The number of nitrogens with zero attached hydrogens (tertiary/aromatic N) is 2. The minimum atomic E-state index is -3.54. The molecular formula is C33H19IrN2O4S-. The second kappa shape index (κ2) is 10.2. The van der Waals surface area contributed by atoms with Crippen molar-refractivity contribution in [2.24, 2.45) is 0 Å². The van der Waals surface area contributed by atoms with Gasteiger partial charge in [0, 0.05) is 31.7 Å². The summed E-state index contributed by atoms with van der Waals surface area (Å²) >= 11 is 0. The van der Waals surface area contributed by atoms with E-state index in [0.29, 0.717) is 15.4 Å². The molecule has 1 aliphatic carbocycles. The summed E-state index contributed by atoms with van der Waals surface area (Å²) in [4.78, 5) is 19.4. The van der Waals surface area contributed by atoms with E-state index < -0.39 is 15.8 Å². The van der Waals surface area contributed by atoms with Crippen LogP contribution >= 0.6 is 0 Å². The van der Waals surface area contributed by atoms with Crippen molar-refractivity contribution in [3.8, 4) is 44.6 Å². The number of aromatic nitrogens is 2. The second-order valence-corrected chi connectivity index (χ2v) is 11.3. The van der Waals surface area contributed by atoms with Gasteiger partial charge in [-0.2, -0.15) is 0 Å². The number of rotatable bonds is 2. The largest absolute Gasteiger partial charge is 0.477 e. The zero-order valence-electron chi connectivity index (χ0n) is 21.2. The summed E-state index contributed by atoms with van der Waals surface area (Å²) in [6.07, 6.45) is 1.45. The minimum absolute atomic E-state index is 0. The number of carboxylic acids is 1. The fourth-order valence-electron chi connectivity index (χ4n) is 5.49. The number of fused-ring (bicyclic) bond motifs is 6. The van der Waals surface area contributed by atoms with Gasteiger partial charge in [0.15, 0.2) is 9.84 Å². The molecular weight excluding hydrogens is 713 g/mol. The minimum Gasteiger partial charge on any atom is -0.477 e. The normalized spacial score (nSPS) is 12.8. The number of sulfone groups is 1. The maximum absolute atomic E-state index is 13.1. The predicted molar refractivity (Wildman–Crippen MR) is 153 cm³/mol. The molecule has 0 amide bonds. The quantitative estimate of drug-likeness (QED) is 0.194. The van der Waals surface area contributed by atoms with Gasteiger partial charge in [-0.05, 0) is 62.7 Å². The maximum Gasteiger partial charge on any atom is 0.354 e. The van der Waals surface area contributed by atoms with E-state index in [9.17, 15) is 13.2 Å². The van der Waals surface area contributed by atoms with Crippen LogP contribution in [0.5, 0.6) is 0 Å². The Bertz CT molecular complexity index is 2110. The number of hydrogen-bond donors (Lipinski definition) is 1. The van der Waals surface area contributed by atoms with E-state index in [1.54, 1.807) is 36.4 Å². The first-order valence-corrected chi connectivity index (χ1v) is 14.0. The standard InChI is InChI=1S/C27H14NO2S.C6H5NO2.Ir/c29-31(30)24-13-4-3-9-20(24)27-19(11-6-14-25(27)31)23-15-21-17-8-2-1-7-16(17)18-10-5-12-22(28-23)26(18)21;8-6(9)5-3-1-2-4-7-5;/h1-10,12-15H;1-4H,(H,8,9);/q-1;;. The van der Waals surface area contributed by atoms with Gasteiger partial charge in [0.05, 0.1) is 10.4 Å². The molecule has 0 saturated heterocycles. The van der Waals surface area contributed by atoms with Crippen molar-refractivity contribution < 1.29 is 38.4 Å². The molecule has 6 nitrogen and oxygen atoms in total. The van der Waals surface area contributed by atoms with E-state index in [-0.39, 0.29) is 25.8 Å². The third kappa shape index (κ3) is 4.19. The number of hydrogen-bond acceptors (Lipinski definition) is 5. The van der Waals surface area contributed by atoms with Crippen LogP contribution in [0, 0.1) is 6.07 Å². The summed E-state index contributed by atoms with van der Waals surface area (Å²) in [5.74, 6) is -0.990. The van der Waals surface area contributed by atoms with Crippen LogP contribution in [0.1, 0.15) is 10.5 Å². The molecule has 41 heavy (non-hydrogen) atoms. The Hall–Kier alpha value is -4.49. The zero-order valence-corrected chi connectivity index (χ0v) is 24.4. The van der Waals surface area contributed by atoms with Crippen LogP contribution in [0.4, 0.5) is 0 Å². The van der Waals surface area contributed by atoms with Gasteiger partial charge in [0.1, 0.15) is 5.69 Å². The van der Waals surface area contributed by atoms with Gasteiger partial charge in [-0.15, -0.1) is 23.8 Å². The Morgan fingerprint density at radius 3 is 2.12 bits per heavy atom. The van der Waals surface area contributed by atoms with E-state index in [4.69, 9.17) is 10.1 Å². The van der Waals surface area contributed by atoms with Crippen molar-refractivity contribution in [3.05, 3.63) is 121 Å². The number of aromatic carboxylic acids is 1. The van der Waals surface area contributed by atoms with Gasteiger partial charge in [0.2, 0.25) is 0 Å². The zero-order chi connectivity index (χ0) is 27.4. The maximum atomic E-state index is 13.1. The molecule has 0 bridgehead atoms. The Morgan fingerprint density at radius 1 is 0.732 bits per heavy atom. The molecule has 1 radical (unpaired) electrons. The van der Waals surface area contributed by atoms with Gasteiger partial charge in [-0.1, -0.05) is 72.3 Å². The average molecular weight is 732 g/mol. The molecule has 8 heteroatoms. The van der Waals surface area contributed by atoms with Crippen molar-refractivity contribution in [2.75, 3.05) is 0 Å². The fourth-order valence-corrected chi connectivity index (χ4v) is 7.18. The van der Waals surface area contributed by atoms with Crippen LogP contribution in [-0.4, -0.2) is 29.5 Å². The third-order valence-electron chi connectivity index (χ3n) is 7.18. The smallest absolute Gasteiger partial charge is 0.354 e. The van der Waals surface area contributed by atoms with Crippen molar-refractivity contribution in [1.29, 1.82) is 0 Å². The molecule has 3 heterocycles. The summed E-state index contributed by atoms with van der Waals surface area (Å²) in [6.45, 7) is 0. The molecule has 8 rings (SSSR count). The van der Waals surface area contributed by atoms with E-state index in [2.05, 4.69) is 41.4 Å². The summed E-state index contributed by atoms with van der Waals surface area (Å²) in [6, 6.07) is 35.2. The molecule has 6 aromatic rings. The summed E-state index contributed by atoms with van der Waals surface area (Å²) < 4.78 is 26.3. The first kappa shape index (κ1) is 26.7. The second-order valence-electron chi connectivity index (χ2n) is 9.41. The summed E-state index contributed by atoms with van der Waals surface area (Å²) in [7, 11) is -3.54. The molecule has 0 atom stereocenters. The average Bonchev–Trinajstić information content (AvgIpc) is 3.44. The molecule has 0 spiro atoms. The van der Waals surface area contributed by atoms with Crippen molar-refractivity contribution in [3.63, 3.8) is 0 Å². The molecule has 0 saturated carbocycles. The van der Waals surface area contributed by atoms with E-state index in [1.807, 2.05) is 30.3 Å². The van der Waals surface area contributed by atoms with Crippen LogP contribution < -0.4 is 0 Å². The molecule has 1 aliphatic heterocycles. The predicted octanol–water partition coefficient (Wildman–Crippen LogP) is 6.94. The monoisotopic (exact) mass is 732 g/mol. The van der Waals surface area contributed by atoms with E-state index >= 15 is 0 Å². The van der Waals surface area contributed by atoms with Gasteiger partial charge in [0.25, 0.3) is 0 Å².